The lowest BCUT2D eigenvalue weighted by molar-refractivity contribution is 0.0709. The van der Waals surface area contributed by atoms with Gasteiger partial charge in [0.05, 0.1) is 17.7 Å². The number of nitrogens with zero attached hydrogens (tertiary/aromatic N) is 2. The molecule has 0 aliphatic rings. The Morgan fingerprint density at radius 2 is 2.37 bits per heavy atom. The predicted octanol–water partition coefficient (Wildman–Crippen LogP) is 0.534. The van der Waals surface area contributed by atoms with E-state index >= 15 is 0 Å². The first-order chi connectivity index (χ1) is 9.20. The molecule has 5 nitrogen and oxygen atoms in total. The highest BCUT2D eigenvalue weighted by Crippen LogP contribution is 2.08. The van der Waals surface area contributed by atoms with E-state index in [1.165, 1.54) is 6.20 Å². The van der Waals surface area contributed by atoms with Crippen LogP contribution < -0.4 is 0 Å². The van der Waals surface area contributed by atoms with Crippen molar-refractivity contribution in [1.29, 1.82) is 0 Å². The Bertz CT molecular complexity index is 477. The molecule has 1 heterocycles. The number of hydrogen-bond donors (Lipinski definition) is 1. The smallest absolute Gasteiger partial charge is 0.255 e. The van der Waals surface area contributed by atoms with Crippen molar-refractivity contribution >= 4 is 5.91 Å². The number of aromatic nitrogens is 1. The molecule has 0 aliphatic carbocycles. The summed E-state index contributed by atoms with van der Waals surface area (Å²) in [4.78, 5) is 17.7. The van der Waals surface area contributed by atoms with Gasteiger partial charge in [-0.05, 0) is 13.0 Å². The van der Waals surface area contributed by atoms with Crippen molar-refractivity contribution in [1.82, 2.24) is 9.88 Å². The number of likely N-dealkylation sites (N-methyl/N-ethyl adjacent to an activating group) is 1. The summed E-state index contributed by atoms with van der Waals surface area (Å²) in [6, 6.07) is 1.63. The summed E-state index contributed by atoms with van der Waals surface area (Å²) < 4.78 is 5.22. The minimum absolute atomic E-state index is 0.135. The van der Waals surface area contributed by atoms with Gasteiger partial charge < -0.3 is 14.7 Å². The number of pyridine rings is 1. The van der Waals surface area contributed by atoms with Crippen molar-refractivity contribution in [3.63, 3.8) is 0 Å². The Hall–Kier alpha value is -1.90. The van der Waals surface area contributed by atoms with Gasteiger partial charge >= 0.3 is 0 Å². The van der Waals surface area contributed by atoms with Crippen LogP contribution in [0.1, 0.15) is 22.8 Å². The minimum Gasteiger partial charge on any atom is -0.384 e. The zero-order valence-electron chi connectivity index (χ0n) is 11.2. The number of hydrogen-bond acceptors (Lipinski definition) is 4. The van der Waals surface area contributed by atoms with Crippen LogP contribution >= 0.6 is 0 Å². The monoisotopic (exact) mass is 262 g/mol. The topological polar surface area (TPSA) is 62.7 Å². The van der Waals surface area contributed by atoms with Gasteiger partial charge in [-0.1, -0.05) is 11.8 Å². The number of carbonyl (C=O) groups excluding carboxylic acids is 1. The van der Waals surface area contributed by atoms with Gasteiger partial charge in [-0.15, -0.1) is 0 Å². The normalized spacial score (nSPS) is 9.63. The molecule has 0 spiro atoms. The molecule has 0 saturated heterocycles. The van der Waals surface area contributed by atoms with Crippen LogP contribution in [-0.4, -0.2) is 54.3 Å². The van der Waals surface area contributed by atoms with Crippen molar-refractivity contribution in [2.24, 2.45) is 0 Å². The van der Waals surface area contributed by atoms with E-state index in [9.17, 15) is 4.79 Å². The summed E-state index contributed by atoms with van der Waals surface area (Å²) in [6.07, 6.45) is 3.07. The third-order valence-corrected chi connectivity index (χ3v) is 2.48. The summed E-state index contributed by atoms with van der Waals surface area (Å²) in [6.45, 7) is 3.31. The number of carbonyl (C=O) groups is 1. The summed E-state index contributed by atoms with van der Waals surface area (Å²) in [7, 11) is 1.71. The lowest BCUT2D eigenvalue weighted by Crippen LogP contribution is -2.30. The molecule has 0 atom stereocenters. The molecule has 0 aliphatic heterocycles. The molecule has 102 valence electrons. The van der Waals surface area contributed by atoms with E-state index in [1.54, 1.807) is 24.2 Å². The van der Waals surface area contributed by atoms with Crippen LogP contribution in [-0.2, 0) is 4.74 Å². The van der Waals surface area contributed by atoms with Crippen LogP contribution in [0.25, 0.3) is 0 Å². The fraction of sp³-hybridized carbons (Fsp3) is 0.429. The van der Waals surface area contributed by atoms with Crippen LogP contribution in [0.4, 0.5) is 0 Å². The lowest BCUT2D eigenvalue weighted by Gasteiger charge is -2.17. The van der Waals surface area contributed by atoms with E-state index in [-0.39, 0.29) is 12.5 Å². The first-order valence-electron chi connectivity index (χ1n) is 6.07. The molecule has 0 unspecified atom stereocenters. The standard InChI is InChI=1S/C14H18N2O3/c1-3-19-10-8-16(2)14(18)13-6-7-15-11-12(13)5-4-9-17/h6-7,11,17H,3,8-10H2,1-2H3. The Kier molecular flexibility index (Phi) is 6.58. The predicted molar refractivity (Wildman–Crippen MR) is 71.7 cm³/mol. The number of rotatable bonds is 5. The SMILES string of the molecule is CCOCCN(C)C(=O)c1ccncc1C#CCO. The van der Waals surface area contributed by atoms with Crippen LogP contribution in [0.2, 0.25) is 0 Å². The second-order valence-corrected chi connectivity index (χ2v) is 3.80. The van der Waals surface area contributed by atoms with Gasteiger partial charge in [0.25, 0.3) is 5.91 Å². The van der Waals surface area contributed by atoms with Crippen LogP contribution in [0.5, 0.6) is 0 Å². The van der Waals surface area contributed by atoms with Gasteiger partial charge in [0.15, 0.2) is 0 Å². The Morgan fingerprint density at radius 1 is 1.58 bits per heavy atom. The van der Waals surface area contributed by atoms with Gasteiger partial charge in [0.1, 0.15) is 6.61 Å². The second kappa shape index (κ2) is 8.25. The van der Waals surface area contributed by atoms with Crippen molar-refractivity contribution in [3.8, 4) is 11.8 Å². The van der Waals surface area contributed by atoms with Crippen molar-refractivity contribution < 1.29 is 14.6 Å². The molecule has 0 fully saturated rings. The van der Waals surface area contributed by atoms with E-state index in [4.69, 9.17) is 9.84 Å². The molecule has 19 heavy (non-hydrogen) atoms. The van der Waals surface area contributed by atoms with Crippen molar-refractivity contribution in [2.45, 2.75) is 6.92 Å². The van der Waals surface area contributed by atoms with Gasteiger partial charge in [-0.25, -0.2) is 0 Å². The minimum atomic E-state index is -0.247. The quantitative estimate of drug-likeness (QED) is 0.621. The molecule has 1 amide bonds. The van der Waals surface area contributed by atoms with E-state index in [0.29, 0.717) is 30.9 Å². The average Bonchev–Trinajstić information content (AvgIpc) is 2.44. The fourth-order valence-corrected chi connectivity index (χ4v) is 1.47. The fourth-order valence-electron chi connectivity index (χ4n) is 1.47. The number of ether oxygens (including phenoxy) is 1. The van der Waals surface area contributed by atoms with Crippen molar-refractivity contribution in [2.75, 3.05) is 33.4 Å². The molecule has 0 bridgehead atoms. The second-order valence-electron chi connectivity index (χ2n) is 3.80. The highest BCUT2D eigenvalue weighted by atomic mass is 16.5. The zero-order chi connectivity index (χ0) is 14.1. The third kappa shape index (κ3) is 4.70. The molecule has 0 saturated carbocycles. The van der Waals surface area contributed by atoms with E-state index in [1.807, 2.05) is 6.92 Å². The number of amides is 1. The van der Waals surface area contributed by atoms with Gasteiger partial charge in [-0.3, -0.25) is 9.78 Å². The Balaban J connectivity index is 2.81. The first-order valence-corrected chi connectivity index (χ1v) is 6.07. The number of aliphatic hydroxyl groups excluding tert-OH is 1. The maximum absolute atomic E-state index is 12.2. The van der Waals surface area contributed by atoms with Gasteiger partial charge in [-0.2, -0.15) is 0 Å². The van der Waals surface area contributed by atoms with Crippen molar-refractivity contribution in [3.05, 3.63) is 29.6 Å². The summed E-state index contributed by atoms with van der Waals surface area (Å²) in [5.41, 5.74) is 1.000. The van der Waals surface area contributed by atoms with Crippen LogP contribution in [0.3, 0.4) is 0 Å². The zero-order valence-corrected chi connectivity index (χ0v) is 11.2. The molecule has 1 aromatic heterocycles. The summed E-state index contributed by atoms with van der Waals surface area (Å²) in [5.74, 6) is 5.11. The average molecular weight is 262 g/mol. The third-order valence-electron chi connectivity index (χ3n) is 2.48. The maximum atomic E-state index is 12.2. The molecular formula is C14H18N2O3. The van der Waals surface area contributed by atoms with Gasteiger partial charge in [0.2, 0.25) is 0 Å². The molecule has 0 aromatic carbocycles. The summed E-state index contributed by atoms with van der Waals surface area (Å²) in [5, 5.41) is 8.70. The highest BCUT2D eigenvalue weighted by molar-refractivity contribution is 5.96. The Labute approximate surface area is 113 Å². The molecule has 0 radical (unpaired) electrons. The molecule has 1 rings (SSSR count). The summed E-state index contributed by atoms with van der Waals surface area (Å²) >= 11 is 0. The number of aliphatic hydroxyl groups is 1. The van der Waals surface area contributed by atoms with E-state index < -0.39 is 0 Å². The molecule has 5 heteroatoms. The first kappa shape index (κ1) is 15.2. The largest absolute Gasteiger partial charge is 0.384 e. The Morgan fingerprint density at radius 3 is 3.05 bits per heavy atom. The molecule has 1 N–H and O–H groups in total. The highest BCUT2D eigenvalue weighted by Gasteiger charge is 2.14. The lowest BCUT2D eigenvalue weighted by atomic mass is 10.1. The van der Waals surface area contributed by atoms with Gasteiger partial charge in [0, 0.05) is 32.6 Å². The van der Waals surface area contributed by atoms with Crippen LogP contribution in [0, 0.1) is 11.8 Å². The molecule has 1 aromatic rings. The van der Waals surface area contributed by atoms with E-state index in [0.717, 1.165) is 0 Å². The van der Waals surface area contributed by atoms with E-state index in [2.05, 4.69) is 16.8 Å². The van der Waals surface area contributed by atoms with Crippen LogP contribution in [0.15, 0.2) is 18.5 Å². The molecular weight excluding hydrogens is 244 g/mol. The maximum Gasteiger partial charge on any atom is 0.255 e.